The molecule has 4 heteroatoms. The van der Waals surface area contributed by atoms with Crippen LogP contribution in [0.25, 0.3) is 0 Å². The molecular formula is C14H22N2O2. The molecule has 1 fully saturated rings. The number of hydrogen-bond acceptors (Lipinski definition) is 4. The fourth-order valence-corrected chi connectivity index (χ4v) is 1.95. The summed E-state index contributed by atoms with van der Waals surface area (Å²) >= 11 is 0. The third-order valence-electron chi connectivity index (χ3n) is 2.79. The zero-order chi connectivity index (χ0) is 12.8. The highest BCUT2D eigenvalue weighted by Gasteiger charge is 2.13. The van der Waals surface area contributed by atoms with Gasteiger partial charge in [0.25, 0.3) is 0 Å². The van der Waals surface area contributed by atoms with Gasteiger partial charge in [0.2, 0.25) is 0 Å². The Morgan fingerprint density at radius 1 is 1.44 bits per heavy atom. The fraction of sp³-hybridized carbons (Fsp3) is 0.571. The molecule has 1 saturated heterocycles. The van der Waals surface area contributed by atoms with Crippen molar-refractivity contribution in [2.24, 2.45) is 0 Å². The van der Waals surface area contributed by atoms with Gasteiger partial charge in [-0.1, -0.05) is 12.1 Å². The Morgan fingerprint density at radius 2 is 2.28 bits per heavy atom. The maximum Gasteiger partial charge on any atom is 0.142 e. The van der Waals surface area contributed by atoms with E-state index in [0.717, 1.165) is 37.7 Å². The van der Waals surface area contributed by atoms with Crippen LogP contribution in [0.4, 0.5) is 5.69 Å². The van der Waals surface area contributed by atoms with Crippen LogP contribution in [0.15, 0.2) is 24.3 Å². The van der Waals surface area contributed by atoms with Gasteiger partial charge in [0.1, 0.15) is 5.75 Å². The van der Waals surface area contributed by atoms with Gasteiger partial charge in [-0.2, -0.15) is 0 Å². The number of para-hydroxylation sites is 2. The number of anilines is 1. The predicted octanol–water partition coefficient (Wildman–Crippen LogP) is 1.87. The van der Waals surface area contributed by atoms with Crippen LogP contribution >= 0.6 is 0 Å². The third kappa shape index (κ3) is 3.89. The Balaban J connectivity index is 1.91. The molecule has 2 N–H and O–H groups in total. The second kappa shape index (κ2) is 6.61. The summed E-state index contributed by atoms with van der Waals surface area (Å²) in [5.74, 6) is 0.907. The van der Waals surface area contributed by atoms with E-state index in [1.165, 1.54) is 0 Å². The molecular weight excluding hydrogens is 228 g/mol. The first-order valence-electron chi connectivity index (χ1n) is 6.56. The van der Waals surface area contributed by atoms with Gasteiger partial charge in [-0.3, -0.25) is 0 Å². The molecule has 1 aliphatic rings. The molecule has 2 rings (SSSR count). The van der Waals surface area contributed by atoms with E-state index in [9.17, 15) is 0 Å². The maximum atomic E-state index is 5.77. The van der Waals surface area contributed by atoms with Crippen LogP contribution in [0.1, 0.15) is 13.8 Å². The molecule has 100 valence electrons. The molecule has 1 aromatic carbocycles. The number of ether oxygens (including phenoxy) is 2. The lowest BCUT2D eigenvalue weighted by Crippen LogP contribution is -2.45. The quantitative estimate of drug-likeness (QED) is 0.837. The van der Waals surface area contributed by atoms with E-state index in [-0.39, 0.29) is 6.10 Å². The summed E-state index contributed by atoms with van der Waals surface area (Å²) in [6.07, 6.45) is 0.184. The number of benzene rings is 1. The van der Waals surface area contributed by atoms with Gasteiger partial charge in [0, 0.05) is 19.1 Å². The summed E-state index contributed by atoms with van der Waals surface area (Å²) in [5.41, 5.74) is 1.04. The van der Waals surface area contributed by atoms with Crippen LogP contribution in [0, 0.1) is 0 Å². The van der Waals surface area contributed by atoms with Crippen molar-refractivity contribution in [3.05, 3.63) is 24.3 Å². The normalized spacial score (nSPS) is 19.8. The van der Waals surface area contributed by atoms with E-state index in [1.54, 1.807) is 0 Å². The van der Waals surface area contributed by atoms with Gasteiger partial charge in [0.05, 0.1) is 25.0 Å². The summed E-state index contributed by atoms with van der Waals surface area (Å²) in [4.78, 5) is 0. The molecule has 0 aromatic heterocycles. The smallest absolute Gasteiger partial charge is 0.142 e. The molecule has 0 aliphatic carbocycles. The number of morpholine rings is 1. The second-order valence-corrected chi connectivity index (χ2v) is 4.77. The molecule has 0 bridgehead atoms. The lowest BCUT2D eigenvalue weighted by atomic mass is 10.2. The first-order chi connectivity index (χ1) is 8.75. The van der Waals surface area contributed by atoms with Gasteiger partial charge in [0.15, 0.2) is 0 Å². The highest BCUT2D eigenvalue weighted by Crippen LogP contribution is 2.24. The van der Waals surface area contributed by atoms with Crippen LogP contribution in [-0.4, -0.2) is 38.4 Å². The fourth-order valence-electron chi connectivity index (χ4n) is 1.95. The van der Waals surface area contributed by atoms with Crippen molar-refractivity contribution in [3.63, 3.8) is 0 Å². The molecule has 1 atom stereocenters. The monoisotopic (exact) mass is 250 g/mol. The summed E-state index contributed by atoms with van der Waals surface area (Å²) < 4.78 is 11.2. The average Bonchev–Trinajstić information content (AvgIpc) is 2.38. The summed E-state index contributed by atoms with van der Waals surface area (Å²) in [7, 11) is 0. The minimum Gasteiger partial charge on any atom is -0.489 e. The number of hydrogen-bond donors (Lipinski definition) is 2. The molecule has 1 aliphatic heterocycles. The minimum absolute atomic E-state index is 0.184. The second-order valence-electron chi connectivity index (χ2n) is 4.77. The number of nitrogens with one attached hydrogen (secondary N) is 2. The molecule has 0 radical (unpaired) electrons. The van der Waals surface area contributed by atoms with Crippen LogP contribution < -0.4 is 15.4 Å². The van der Waals surface area contributed by atoms with Gasteiger partial charge in [-0.05, 0) is 26.0 Å². The Hall–Kier alpha value is -1.26. The largest absolute Gasteiger partial charge is 0.489 e. The first-order valence-corrected chi connectivity index (χ1v) is 6.56. The predicted molar refractivity (Wildman–Crippen MR) is 73.3 cm³/mol. The summed E-state index contributed by atoms with van der Waals surface area (Å²) in [6.45, 7) is 7.42. The zero-order valence-electron chi connectivity index (χ0n) is 11.1. The number of rotatable bonds is 5. The molecule has 0 spiro atoms. The third-order valence-corrected chi connectivity index (χ3v) is 2.79. The van der Waals surface area contributed by atoms with Crippen molar-refractivity contribution >= 4 is 5.69 Å². The van der Waals surface area contributed by atoms with Crippen LogP contribution in [0.3, 0.4) is 0 Å². The van der Waals surface area contributed by atoms with E-state index in [1.807, 2.05) is 38.1 Å². The van der Waals surface area contributed by atoms with Gasteiger partial charge in [-0.15, -0.1) is 0 Å². The Labute approximate surface area is 109 Å². The van der Waals surface area contributed by atoms with Crippen LogP contribution in [0.5, 0.6) is 5.75 Å². The van der Waals surface area contributed by atoms with E-state index >= 15 is 0 Å². The average molecular weight is 250 g/mol. The maximum absolute atomic E-state index is 5.77. The minimum atomic E-state index is 0.184. The van der Waals surface area contributed by atoms with Gasteiger partial charge < -0.3 is 20.1 Å². The van der Waals surface area contributed by atoms with Crippen molar-refractivity contribution < 1.29 is 9.47 Å². The highest BCUT2D eigenvalue weighted by molar-refractivity contribution is 5.56. The first kappa shape index (κ1) is 13.2. The van der Waals surface area contributed by atoms with E-state index < -0.39 is 0 Å². The summed E-state index contributed by atoms with van der Waals surface area (Å²) in [6, 6.07) is 8.41. The summed E-state index contributed by atoms with van der Waals surface area (Å²) in [5, 5.41) is 6.84. The van der Waals surface area contributed by atoms with Crippen molar-refractivity contribution in [1.29, 1.82) is 0 Å². The molecule has 1 heterocycles. The SMILES string of the molecule is CC(C)Oc1ccccc1NCC1COCCN1. The van der Waals surface area contributed by atoms with Gasteiger partial charge in [-0.25, -0.2) is 0 Å². The zero-order valence-corrected chi connectivity index (χ0v) is 11.1. The van der Waals surface area contributed by atoms with Crippen molar-refractivity contribution in [2.75, 3.05) is 31.6 Å². The lowest BCUT2D eigenvalue weighted by Gasteiger charge is -2.25. The van der Waals surface area contributed by atoms with Gasteiger partial charge >= 0.3 is 0 Å². The van der Waals surface area contributed by atoms with Crippen LogP contribution in [-0.2, 0) is 4.74 Å². The Kier molecular flexibility index (Phi) is 4.84. The van der Waals surface area contributed by atoms with E-state index in [4.69, 9.17) is 9.47 Å². The molecule has 0 amide bonds. The van der Waals surface area contributed by atoms with E-state index in [0.29, 0.717) is 6.04 Å². The van der Waals surface area contributed by atoms with Crippen molar-refractivity contribution in [2.45, 2.75) is 26.0 Å². The van der Waals surface area contributed by atoms with Crippen molar-refractivity contribution in [3.8, 4) is 5.75 Å². The molecule has 1 aromatic rings. The molecule has 0 saturated carbocycles. The highest BCUT2D eigenvalue weighted by atomic mass is 16.5. The standard InChI is InChI=1S/C14H22N2O2/c1-11(2)18-14-6-4-3-5-13(14)16-9-12-10-17-8-7-15-12/h3-6,11-12,15-16H,7-10H2,1-2H3. The topological polar surface area (TPSA) is 42.5 Å². The lowest BCUT2D eigenvalue weighted by molar-refractivity contribution is 0.0806. The Morgan fingerprint density at radius 3 is 3.00 bits per heavy atom. The molecule has 1 unspecified atom stereocenters. The molecule has 4 nitrogen and oxygen atoms in total. The van der Waals surface area contributed by atoms with Crippen molar-refractivity contribution in [1.82, 2.24) is 5.32 Å². The van der Waals surface area contributed by atoms with E-state index in [2.05, 4.69) is 10.6 Å². The van der Waals surface area contributed by atoms with Crippen LogP contribution in [0.2, 0.25) is 0 Å². The molecule has 18 heavy (non-hydrogen) atoms. The Bertz CT molecular complexity index is 363.